The number of esters is 1. The zero-order valence-electron chi connectivity index (χ0n) is 16.9. The van der Waals surface area contributed by atoms with E-state index in [9.17, 15) is 9.59 Å². The van der Waals surface area contributed by atoms with E-state index in [1.54, 1.807) is 44.4 Å². The Labute approximate surface area is 165 Å². The highest BCUT2D eigenvalue weighted by Gasteiger charge is 2.19. The summed E-state index contributed by atoms with van der Waals surface area (Å²) in [5.41, 5.74) is 3.41. The molecule has 0 aromatic heterocycles. The van der Waals surface area contributed by atoms with Gasteiger partial charge < -0.3 is 14.2 Å². The van der Waals surface area contributed by atoms with Crippen molar-refractivity contribution in [3.8, 4) is 11.5 Å². The first-order valence-corrected chi connectivity index (χ1v) is 9.16. The summed E-state index contributed by atoms with van der Waals surface area (Å²) in [6.45, 7) is 7.92. The first kappa shape index (κ1) is 21.2. The van der Waals surface area contributed by atoms with Crippen LogP contribution in [0.25, 0.3) is 6.08 Å². The Morgan fingerprint density at radius 3 is 2.43 bits per heavy atom. The molecular weight excluding hydrogens is 356 g/mol. The Kier molecular flexibility index (Phi) is 7.38. The third-order valence-electron chi connectivity index (χ3n) is 4.35. The third-order valence-corrected chi connectivity index (χ3v) is 4.35. The number of aryl methyl sites for hydroxylation is 2. The lowest BCUT2D eigenvalue weighted by Crippen LogP contribution is -2.23. The van der Waals surface area contributed by atoms with Gasteiger partial charge in [0, 0.05) is 11.6 Å². The molecule has 2 rings (SSSR count). The number of rotatable bonds is 8. The normalized spacial score (nSPS) is 11.9. The number of carbonyl (C=O) groups excluding carboxylic acids is 2. The van der Waals surface area contributed by atoms with E-state index in [4.69, 9.17) is 14.2 Å². The summed E-state index contributed by atoms with van der Waals surface area (Å²) in [4.78, 5) is 24.6. The van der Waals surface area contributed by atoms with Crippen LogP contribution < -0.4 is 9.47 Å². The zero-order chi connectivity index (χ0) is 20.7. The highest BCUT2D eigenvalue weighted by atomic mass is 16.5. The number of ether oxygens (including phenoxy) is 3. The number of Topliss-reactive ketones (excluding diaryl/α,β-unsaturated/α-hetero) is 1. The topological polar surface area (TPSA) is 61.8 Å². The first-order valence-electron chi connectivity index (χ1n) is 9.16. The predicted molar refractivity (Wildman–Crippen MR) is 109 cm³/mol. The summed E-state index contributed by atoms with van der Waals surface area (Å²) in [5.74, 6) is 0.401. The van der Waals surface area contributed by atoms with Crippen molar-refractivity contribution in [2.45, 2.75) is 33.8 Å². The second-order valence-corrected chi connectivity index (χ2v) is 6.42. The molecule has 5 nitrogen and oxygen atoms in total. The second kappa shape index (κ2) is 9.74. The van der Waals surface area contributed by atoms with E-state index in [0.717, 1.165) is 16.7 Å². The molecule has 0 aliphatic heterocycles. The van der Waals surface area contributed by atoms with Crippen molar-refractivity contribution in [3.63, 3.8) is 0 Å². The van der Waals surface area contributed by atoms with Crippen molar-refractivity contribution >= 4 is 17.8 Å². The lowest BCUT2D eigenvalue weighted by atomic mass is 10.0. The summed E-state index contributed by atoms with van der Waals surface area (Å²) < 4.78 is 16.0. The number of hydrogen-bond donors (Lipinski definition) is 0. The Bertz CT molecular complexity index is 883. The van der Waals surface area contributed by atoms with Gasteiger partial charge in [-0.15, -0.1) is 0 Å². The summed E-state index contributed by atoms with van der Waals surface area (Å²) in [5, 5.41) is 0. The van der Waals surface area contributed by atoms with E-state index in [1.165, 1.54) is 6.08 Å². The summed E-state index contributed by atoms with van der Waals surface area (Å²) >= 11 is 0. The fourth-order valence-electron chi connectivity index (χ4n) is 2.62. The maximum Gasteiger partial charge on any atom is 0.331 e. The van der Waals surface area contributed by atoms with Crippen molar-refractivity contribution in [2.75, 3.05) is 13.7 Å². The largest absolute Gasteiger partial charge is 0.493 e. The lowest BCUT2D eigenvalue weighted by Gasteiger charge is -2.12. The Morgan fingerprint density at radius 2 is 1.79 bits per heavy atom. The van der Waals surface area contributed by atoms with Crippen LogP contribution >= 0.6 is 0 Å². The van der Waals surface area contributed by atoms with E-state index in [1.807, 2.05) is 32.9 Å². The Balaban J connectivity index is 2.02. The standard InChI is InChI=1S/C23H26O5/c1-6-27-20-11-8-18(14-21(20)26-5)9-12-22(24)28-17(4)23(25)19-10-7-15(2)16(3)13-19/h7-14,17H,6H2,1-5H3/b12-9+/t17-/m0/s1. The van der Waals surface area contributed by atoms with Gasteiger partial charge in [0.1, 0.15) is 0 Å². The Morgan fingerprint density at radius 1 is 1.04 bits per heavy atom. The highest BCUT2D eigenvalue weighted by molar-refractivity contribution is 6.01. The van der Waals surface area contributed by atoms with Crippen molar-refractivity contribution in [1.82, 2.24) is 0 Å². The molecule has 0 fully saturated rings. The SMILES string of the molecule is CCOc1ccc(/C=C/C(=O)O[C@@H](C)C(=O)c2ccc(C)c(C)c2)cc1OC. The maximum absolute atomic E-state index is 12.5. The van der Waals surface area contributed by atoms with Gasteiger partial charge in [0.15, 0.2) is 17.6 Å². The molecule has 28 heavy (non-hydrogen) atoms. The summed E-state index contributed by atoms with van der Waals surface area (Å²) in [6, 6.07) is 10.8. The quantitative estimate of drug-likeness (QED) is 0.381. The van der Waals surface area contributed by atoms with Crippen LogP contribution in [-0.2, 0) is 9.53 Å². The third kappa shape index (κ3) is 5.46. The number of methoxy groups -OCH3 is 1. The van der Waals surface area contributed by atoms with E-state index in [-0.39, 0.29) is 5.78 Å². The molecule has 5 heteroatoms. The Hall–Kier alpha value is -3.08. The van der Waals surface area contributed by atoms with E-state index in [2.05, 4.69) is 0 Å². The molecule has 1 atom stereocenters. The average molecular weight is 382 g/mol. The fourth-order valence-corrected chi connectivity index (χ4v) is 2.62. The molecule has 0 unspecified atom stereocenters. The van der Waals surface area contributed by atoms with Crippen LogP contribution in [0.2, 0.25) is 0 Å². The van der Waals surface area contributed by atoms with Crippen LogP contribution in [0.1, 0.15) is 40.9 Å². The molecule has 2 aromatic carbocycles. The van der Waals surface area contributed by atoms with Crippen LogP contribution in [0.15, 0.2) is 42.5 Å². The van der Waals surface area contributed by atoms with Gasteiger partial charge in [-0.1, -0.05) is 18.2 Å². The first-order chi connectivity index (χ1) is 13.3. The minimum atomic E-state index is -0.867. The second-order valence-electron chi connectivity index (χ2n) is 6.42. The molecule has 0 bridgehead atoms. The number of ketones is 1. The van der Waals surface area contributed by atoms with Crippen LogP contribution in [-0.4, -0.2) is 31.6 Å². The van der Waals surface area contributed by atoms with Crippen LogP contribution in [0.5, 0.6) is 11.5 Å². The average Bonchev–Trinajstić information content (AvgIpc) is 2.68. The predicted octanol–water partition coefficient (Wildman–Crippen LogP) is 4.54. The van der Waals surface area contributed by atoms with Gasteiger partial charge in [-0.2, -0.15) is 0 Å². The summed E-state index contributed by atoms with van der Waals surface area (Å²) in [7, 11) is 1.56. The molecule has 0 aliphatic rings. The fraction of sp³-hybridized carbons (Fsp3) is 0.304. The molecular formula is C23H26O5. The van der Waals surface area contributed by atoms with E-state index in [0.29, 0.717) is 23.7 Å². The van der Waals surface area contributed by atoms with E-state index >= 15 is 0 Å². The molecule has 148 valence electrons. The smallest absolute Gasteiger partial charge is 0.331 e. The lowest BCUT2D eigenvalue weighted by molar-refractivity contribution is -0.140. The van der Waals surface area contributed by atoms with Gasteiger partial charge in [0.05, 0.1) is 13.7 Å². The highest BCUT2D eigenvalue weighted by Crippen LogP contribution is 2.28. The monoisotopic (exact) mass is 382 g/mol. The summed E-state index contributed by atoms with van der Waals surface area (Å²) in [6.07, 6.45) is 2.03. The van der Waals surface area contributed by atoms with Gasteiger partial charge in [-0.25, -0.2) is 4.79 Å². The molecule has 0 N–H and O–H groups in total. The van der Waals surface area contributed by atoms with Gasteiger partial charge >= 0.3 is 5.97 Å². The molecule has 0 spiro atoms. The molecule has 0 heterocycles. The minimum absolute atomic E-state index is 0.229. The number of hydrogen-bond acceptors (Lipinski definition) is 5. The minimum Gasteiger partial charge on any atom is -0.493 e. The molecule has 0 radical (unpaired) electrons. The molecule has 2 aromatic rings. The molecule has 0 saturated heterocycles. The number of benzene rings is 2. The van der Waals surface area contributed by atoms with Crippen LogP contribution in [0.4, 0.5) is 0 Å². The van der Waals surface area contributed by atoms with Crippen molar-refractivity contribution in [1.29, 1.82) is 0 Å². The maximum atomic E-state index is 12.5. The molecule has 0 saturated carbocycles. The molecule has 0 amide bonds. The van der Waals surface area contributed by atoms with Crippen molar-refractivity contribution in [2.24, 2.45) is 0 Å². The van der Waals surface area contributed by atoms with Gasteiger partial charge in [0.2, 0.25) is 5.78 Å². The molecule has 0 aliphatic carbocycles. The van der Waals surface area contributed by atoms with Gasteiger partial charge in [-0.05, 0) is 68.7 Å². The van der Waals surface area contributed by atoms with Crippen molar-refractivity contribution < 1.29 is 23.8 Å². The van der Waals surface area contributed by atoms with Crippen molar-refractivity contribution in [3.05, 3.63) is 64.7 Å². The number of carbonyl (C=O) groups is 2. The van der Waals surface area contributed by atoms with Crippen LogP contribution in [0, 0.1) is 13.8 Å². The van der Waals surface area contributed by atoms with E-state index < -0.39 is 12.1 Å². The zero-order valence-corrected chi connectivity index (χ0v) is 16.9. The van der Waals surface area contributed by atoms with Crippen LogP contribution in [0.3, 0.4) is 0 Å². The van der Waals surface area contributed by atoms with Gasteiger partial charge in [-0.3, -0.25) is 4.79 Å². The van der Waals surface area contributed by atoms with Gasteiger partial charge in [0.25, 0.3) is 0 Å².